The Balaban J connectivity index is 1.40. The lowest BCUT2D eigenvalue weighted by Crippen LogP contribution is -2.29. The Kier molecular flexibility index (Phi) is 4.53. The Morgan fingerprint density at radius 1 is 1.11 bits per heavy atom. The molecule has 28 heavy (non-hydrogen) atoms. The molecule has 1 saturated heterocycles. The van der Waals surface area contributed by atoms with E-state index in [2.05, 4.69) is 34.0 Å². The highest BCUT2D eigenvalue weighted by Gasteiger charge is 2.32. The first-order valence-corrected chi connectivity index (χ1v) is 10.6. The van der Waals surface area contributed by atoms with Gasteiger partial charge in [0.05, 0.1) is 10.2 Å². The number of benzene rings is 2. The van der Waals surface area contributed by atoms with E-state index in [0.717, 1.165) is 59.1 Å². The summed E-state index contributed by atoms with van der Waals surface area (Å²) in [5.74, 6) is 0.194. The largest absolute Gasteiger partial charge is 0.426 e. The first-order chi connectivity index (χ1) is 13.7. The summed E-state index contributed by atoms with van der Waals surface area (Å²) >= 11 is 1.59. The molecule has 0 aliphatic carbocycles. The zero-order chi connectivity index (χ0) is 19.1. The van der Waals surface area contributed by atoms with Gasteiger partial charge in [-0.15, -0.1) is 11.3 Å². The summed E-state index contributed by atoms with van der Waals surface area (Å²) in [6.07, 6.45) is 1.80. The van der Waals surface area contributed by atoms with Gasteiger partial charge in [-0.2, -0.15) is 0 Å². The van der Waals surface area contributed by atoms with E-state index in [1.54, 1.807) is 11.3 Å². The van der Waals surface area contributed by atoms with Crippen molar-refractivity contribution < 1.29 is 9.53 Å². The van der Waals surface area contributed by atoms with E-state index in [9.17, 15) is 4.79 Å². The molecule has 2 aromatic carbocycles. The van der Waals surface area contributed by atoms with Crippen molar-refractivity contribution in [3.63, 3.8) is 0 Å². The van der Waals surface area contributed by atoms with Gasteiger partial charge in [-0.25, -0.2) is 4.98 Å². The molecule has 1 aromatic heterocycles. The fourth-order valence-corrected chi connectivity index (χ4v) is 5.07. The van der Waals surface area contributed by atoms with Crippen molar-refractivity contribution in [1.29, 1.82) is 0 Å². The van der Waals surface area contributed by atoms with Gasteiger partial charge in [-0.1, -0.05) is 18.2 Å². The number of para-hydroxylation sites is 1. The quantitative estimate of drug-likeness (QED) is 0.491. The molecule has 0 spiro atoms. The fourth-order valence-electron chi connectivity index (χ4n) is 4.02. The molecule has 0 amide bonds. The number of nitrogens with zero attached hydrogens (tertiary/aromatic N) is 3. The third-order valence-corrected chi connectivity index (χ3v) is 6.81. The highest BCUT2D eigenvalue weighted by molar-refractivity contribution is 7.18. The van der Waals surface area contributed by atoms with Crippen molar-refractivity contribution >= 4 is 33.2 Å². The Hall–Kier alpha value is -2.44. The summed E-state index contributed by atoms with van der Waals surface area (Å²) < 4.78 is 6.88. The molecular formula is C22H23N3O2S. The van der Waals surface area contributed by atoms with Crippen LogP contribution in [0.2, 0.25) is 0 Å². The highest BCUT2D eigenvalue weighted by Crippen LogP contribution is 2.38. The number of hydrogen-bond donors (Lipinski definition) is 0. The predicted molar refractivity (Wildman–Crippen MR) is 112 cm³/mol. The normalized spacial score (nSPS) is 20.7. The fraction of sp³-hybridized carbons (Fsp3) is 0.364. The van der Waals surface area contributed by atoms with Crippen molar-refractivity contribution in [1.82, 2.24) is 9.88 Å². The third-order valence-electron chi connectivity index (χ3n) is 5.66. The molecule has 1 unspecified atom stereocenters. The lowest BCUT2D eigenvalue weighted by atomic mass is 9.96. The molecule has 1 fully saturated rings. The molecule has 1 atom stereocenters. The van der Waals surface area contributed by atoms with Crippen LogP contribution in [0.15, 0.2) is 42.5 Å². The minimum absolute atomic E-state index is 0.195. The van der Waals surface area contributed by atoms with Crippen LogP contribution < -0.4 is 9.64 Å². The molecule has 0 bridgehead atoms. The van der Waals surface area contributed by atoms with E-state index in [1.807, 2.05) is 30.3 Å². The predicted octanol–water partition coefficient (Wildman–Crippen LogP) is 3.68. The van der Waals surface area contributed by atoms with E-state index < -0.39 is 0 Å². The number of thiazole rings is 1. The number of carbonyl (C=O) groups is 1. The van der Waals surface area contributed by atoms with Crippen LogP contribution in [0.3, 0.4) is 0 Å². The number of rotatable bonds is 2. The topological polar surface area (TPSA) is 45.7 Å². The molecule has 0 N–H and O–H groups in total. The van der Waals surface area contributed by atoms with Gasteiger partial charge in [0.2, 0.25) is 0 Å². The van der Waals surface area contributed by atoms with Gasteiger partial charge in [0.25, 0.3) is 0 Å². The summed E-state index contributed by atoms with van der Waals surface area (Å²) in [5.41, 5.74) is 3.17. The van der Waals surface area contributed by atoms with Crippen LogP contribution in [0.5, 0.6) is 5.75 Å². The van der Waals surface area contributed by atoms with Crippen LogP contribution >= 0.6 is 11.3 Å². The minimum Gasteiger partial charge on any atom is -0.426 e. The third kappa shape index (κ3) is 3.27. The van der Waals surface area contributed by atoms with Crippen LogP contribution in [-0.4, -0.2) is 49.1 Å². The molecule has 0 saturated carbocycles. The second-order valence-electron chi connectivity index (χ2n) is 7.63. The lowest BCUT2D eigenvalue weighted by Gasteiger charge is -2.26. The molecule has 3 heterocycles. The average Bonchev–Trinajstić information content (AvgIpc) is 3.01. The molecular weight excluding hydrogens is 370 g/mol. The van der Waals surface area contributed by atoms with Gasteiger partial charge in [0, 0.05) is 31.4 Å². The smallest absolute Gasteiger partial charge is 0.321 e. The first-order valence-electron chi connectivity index (χ1n) is 9.81. The van der Waals surface area contributed by atoms with Gasteiger partial charge < -0.3 is 14.5 Å². The van der Waals surface area contributed by atoms with Crippen LogP contribution in [0.4, 0.5) is 5.69 Å². The van der Waals surface area contributed by atoms with Gasteiger partial charge in [-0.3, -0.25) is 4.79 Å². The van der Waals surface area contributed by atoms with Crippen LogP contribution in [0.1, 0.15) is 22.9 Å². The summed E-state index contributed by atoms with van der Waals surface area (Å²) in [6, 6.07) is 14.3. The van der Waals surface area contributed by atoms with Crippen LogP contribution in [0.25, 0.3) is 10.2 Å². The number of aromatic nitrogens is 1. The summed E-state index contributed by atoms with van der Waals surface area (Å²) in [5, 5.41) is 0.844. The van der Waals surface area contributed by atoms with E-state index in [-0.39, 0.29) is 11.9 Å². The molecule has 5 rings (SSSR count). The maximum absolute atomic E-state index is 12.7. The number of carbonyl (C=O) groups excluding carboxylic acids is 1. The maximum atomic E-state index is 12.7. The van der Waals surface area contributed by atoms with Crippen molar-refractivity contribution in [2.75, 3.05) is 38.1 Å². The van der Waals surface area contributed by atoms with Gasteiger partial charge in [-0.05, 0) is 50.2 Å². The van der Waals surface area contributed by atoms with Gasteiger partial charge >= 0.3 is 5.97 Å². The number of ether oxygens (including phenoxy) is 1. The van der Waals surface area contributed by atoms with Crippen molar-refractivity contribution in [3.8, 4) is 5.75 Å². The van der Waals surface area contributed by atoms with Gasteiger partial charge in [0.1, 0.15) is 16.7 Å². The number of likely N-dealkylation sites (N-methyl/N-ethyl adjacent to an activating group) is 1. The van der Waals surface area contributed by atoms with Crippen molar-refractivity contribution in [2.45, 2.75) is 18.8 Å². The van der Waals surface area contributed by atoms with E-state index in [1.165, 1.54) is 0 Å². The molecule has 6 heteroatoms. The Labute approximate surface area is 168 Å². The SMILES string of the molecule is CN1CCCN(c2ccc3c(c2)OC(=O)C(c2nc4ccccc4s2)C3)CC1. The molecule has 0 radical (unpaired) electrons. The van der Waals surface area contributed by atoms with E-state index in [0.29, 0.717) is 12.2 Å². The zero-order valence-electron chi connectivity index (χ0n) is 15.9. The second-order valence-corrected chi connectivity index (χ2v) is 8.70. The molecule has 2 aliphatic heterocycles. The molecule has 3 aromatic rings. The van der Waals surface area contributed by atoms with Crippen molar-refractivity contribution in [2.24, 2.45) is 0 Å². The summed E-state index contributed by atoms with van der Waals surface area (Å²) in [7, 11) is 2.17. The van der Waals surface area contributed by atoms with Gasteiger partial charge in [0.15, 0.2) is 0 Å². The standard InChI is InChI=1S/C22H23N3O2S/c1-24-9-4-10-25(12-11-24)16-8-7-15-13-17(22(26)27-19(15)14-16)21-23-18-5-2-3-6-20(18)28-21/h2-3,5-8,14,17H,4,9-13H2,1H3. The Morgan fingerprint density at radius 2 is 2.00 bits per heavy atom. The van der Waals surface area contributed by atoms with Crippen molar-refractivity contribution in [3.05, 3.63) is 53.0 Å². The van der Waals surface area contributed by atoms with Crippen LogP contribution in [0, 0.1) is 0 Å². The number of anilines is 1. The highest BCUT2D eigenvalue weighted by atomic mass is 32.1. The molecule has 2 aliphatic rings. The minimum atomic E-state index is -0.317. The summed E-state index contributed by atoms with van der Waals surface area (Å²) in [4.78, 5) is 22.2. The van der Waals surface area contributed by atoms with E-state index >= 15 is 0 Å². The Morgan fingerprint density at radius 3 is 2.89 bits per heavy atom. The average molecular weight is 394 g/mol. The van der Waals surface area contributed by atoms with Crippen LogP contribution in [-0.2, 0) is 11.2 Å². The Bertz CT molecular complexity index is 999. The zero-order valence-corrected chi connectivity index (χ0v) is 16.7. The first kappa shape index (κ1) is 17.6. The lowest BCUT2D eigenvalue weighted by molar-refractivity contribution is -0.137. The molecule has 144 valence electrons. The number of esters is 1. The number of fused-ring (bicyclic) bond motifs is 2. The maximum Gasteiger partial charge on any atom is 0.321 e. The monoisotopic (exact) mass is 393 g/mol. The number of hydrogen-bond acceptors (Lipinski definition) is 6. The summed E-state index contributed by atoms with van der Waals surface area (Å²) in [6.45, 7) is 4.21. The molecule has 5 nitrogen and oxygen atoms in total. The van der Waals surface area contributed by atoms with E-state index in [4.69, 9.17) is 4.74 Å². The second kappa shape index (κ2) is 7.18.